The predicted molar refractivity (Wildman–Crippen MR) is 44.0 cm³/mol. The summed E-state index contributed by atoms with van der Waals surface area (Å²) in [5.74, 6) is 0. The van der Waals surface area contributed by atoms with Crippen molar-refractivity contribution in [3.05, 3.63) is 0 Å². The molecule has 0 radical (unpaired) electrons. The van der Waals surface area contributed by atoms with Gasteiger partial charge in [-0.25, -0.2) is 0 Å². The van der Waals surface area contributed by atoms with Crippen molar-refractivity contribution in [3.63, 3.8) is 0 Å². The van der Waals surface area contributed by atoms with Gasteiger partial charge in [0.1, 0.15) is 0 Å². The van der Waals surface area contributed by atoms with Crippen molar-refractivity contribution in [2.24, 2.45) is 5.73 Å². The van der Waals surface area contributed by atoms with Gasteiger partial charge in [0.15, 0.2) is 0 Å². The van der Waals surface area contributed by atoms with Gasteiger partial charge in [0.05, 0.1) is 5.60 Å². The molecule has 0 unspecified atom stereocenters. The molecule has 2 N–H and O–H groups in total. The van der Waals surface area contributed by atoms with Crippen LogP contribution in [0.2, 0.25) is 0 Å². The highest BCUT2D eigenvalue weighted by atomic mass is 16.5. The van der Waals surface area contributed by atoms with E-state index in [0.29, 0.717) is 6.54 Å². The van der Waals surface area contributed by atoms with Crippen molar-refractivity contribution in [1.29, 1.82) is 0 Å². The second kappa shape index (κ2) is 4.69. The van der Waals surface area contributed by atoms with Gasteiger partial charge in [-0.2, -0.15) is 0 Å². The van der Waals surface area contributed by atoms with E-state index in [-0.39, 0.29) is 5.60 Å². The van der Waals surface area contributed by atoms with E-state index in [2.05, 4.69) is 13.8 Å². The van der Waals surface area contributed by atoms with E-state index < -0.39 is 0 Å². The van der Waals surface area contributed by atoms with Crippen LogP contribution in [0.5, 0.6) is 0 Å². The second-order valence-corrected chi connectivity index (χ2v) is 2.96. The van der Waals surface area contributed by atoms with Crippen LogP contribution in [0.15, 0.2) is 0 Å². The Labute approximate surface area is 63.7 Å². The summed E-state index contributed by atoms with van der Waals surface area (Å²) in [4.78, 5) is 0. The molecule has 2 heteroatoms. The maximum Gasteiger partial charge on any atom is 0.0772 e. The average molecular weight is 145 g/mol. The van der Waals surface area contributed by atoms with Crippen molar-refractivity contribution in [2.45, 2.75) is 38.7 Å². The highest BCUT2D eigenvalue weighted by Crippen LogP contribution is 2.15. The minimum absolute atomic E-state index is 0.0873. The monoisotopic (exact) mass is 145 g/mol. The number of unbranched alkanes of at least 4 members (excludes halogenated alkanes) is 1. The zero-order valence-corrected chi connectivity index (χ0v) is 7.31. The standard InChI is InChI=1S/C8H19NO/c1-4-5-6-8(2,7-9)10-3/h4-7,9H2,1-3H3/t8-/m1/s1. The van der Waals surface area contributed by atoms with Crippen molar-refractivity contribution in [2.75, 3.05) is 13.7 Å². The zero-order valence-electron chi connectivity index (χ0n) is 7.31. The zero-order chi connectivity index (χ0) is 8.04. The van der Waals surface area contributed by atoms with E-state index in [1.165, 1.54) is 12.8 Å². The van der Waals surface area contributed by atoms with Gasteiger partial charge in [-0.05, 0) is 13.3 Å². The molecule has 0 aliphatic heterocycles. The third kappa shape index (κ3) is 3.18. The Kier molecular flexibility index (Phi) is 4.65. The molecule has 0 heterocycles. The third-order valence-corrected chi connectivity index (χ3v) is 1.98. The van der Waals surface area contributed by atoms with Gasteiger partial charge in [0, 0.05) is 13.7 Å². The number of hydrogen-bond donors (Lipinski definition) is 1. The molecule has 1 atom stereocenters. The van der Waals surface area contributed by atoms with Crippen LogP contribution in [-0.4, -0.2) is 19.3 Å². The van der Waals surface area contributed by atoms with Gasteiger partial charge in [0.25, 0.3) is 0 Å². The fourth-order valence-electron chi connectivity index (χ4n) is 0.838. The lowest BCUT2D eigenvalue weighted by Crippen LogP contribution is -2.36. The van der Waals surface area contributed by atoms with E-state index in [1.807, 2.05) is 0 Å². The van der Waals surface area contributed by atoms with Gasteiger partial charge < -0.3 is 10.5 Å². The third-order valence-electron chi connectivity index (χ3n) is 1.98. The van der Waals surface area contributed by atoms with Crippen LogP contribution in [0, 0.1) is 0 Å². The molecule has 2 nitrogen and oxygen atoms in total. The molecular weight excluding hydrogens is 126 g/mol. The smallest absolute Gasteiger partial charge is 0.0772 e. The summed E-state index contributed by atoms with van der Waals surface area (Å²) < 4.78 is 5.26. The lowest BCUT2D eigenvalue weighted by atomic mass is 9.99. The number of ether oxygens (including phenoxy) is 1. The molecular formula is C8H19NO. The maximum absolute atomic E-state index is 5.53. The van der Waals surface area contributed by atoms with Crippen molar-refractivity contribution >= 4 is 0 Å². The lowest BCUT2D eigenvalue weighted by Gasteiger charge is -2.25. The number of hydrogen-bond acceptors (Lipinski definition) is 2. The first-order valence-electron chi connectivity index (χ1n) is 3.93. The molecule has 0 aromatic carbocycles. The summed E-state index contributed by atoms with van der Waals surface area (Å²) in [6, 6.07) is 0. The summed E-state index contributed by atoms with van der Waals surface area (Å²) in [7, 11) is 1.72. The fraction of sp³-hybridized carbons (Fsp3) is 1.00. The largest absolute Gasteiger partial charge is 0.377 e. The molecule has 62 valence electrons. The summed E-state index contributed by atoms with van der Waals surface area (Å²) in [5.41, 5.74) is 5.45. The van der Waals surface area contributed by atoms with E-state index in [1.54, 1.807) is 7.11 Å². The van der Waals surface area contributed by atoms with Crippen LogP contribution in [0.1, 0.15) is 33.1 Å². The summed E-state index contributed by atoms with van der Waals surface area (Å²) in [5, 5.41) is 0. The molecule has 10 heavy (non-hydrogen) atoms. The Morgan fingerprint density at radius 3 is 2.40 bits per heavy atom. The highest BCUT2D eigenvalue weighted by Gasteiger charge is 2.19. The molecule has 0 fully saturated rings. The van der Waals surface area contributed by atoms with Crippen LogP contribution in [0.25, 0.3) is 0 Å². The Hall–Kier alpha value is -0.0800. The van der Waals surface area contributed by atoms with Crippen LogP contribution in [0.3, 0.4) is 0 Å². The molecule has 0 aromatic heterocycles. The first-order valence-corrected chi connectivity index (χ1v) is 3.93. The highest BCUT2D eigenvalue weighted by molar-refractivity contribution is 4.74. The van der Waals surface area contributed by atoms with Gasteiger partial charge in [0.2, 0.25) is 0 Å². The Balaban J connectivity index is 3.58. The van der Waals surface area contributed by atoms with E-state index >= 15 is 0 Å². The Bertz CT molecular complexity index is 79.3. The molecule has 0 saturated carbocycles. The molecule has 0 aromatic rings. The van der Waals surface area contributed by atoms with E-state index in [4.69, 9.17) is 10.5 Å². The van der Waals surface area contributed by atoms with Gasteiger partial charge >= 0.3 is 0 Å². The van der Waals surface area contributed by atoms with Gasteiger partial charge in [-0.1, -0.05) is 19.8 Å². The molecule has 0 spiro atoms. The summed E-state index contributed by atoms with van der Waals surface area (Å²) in [6.45, 7) is 4.85. The SMILES string of the molecule is CCCC[C@](C)(CN)OC. The quantitative estimate of drug-likeness (QED) is 0.637. The predicted octanol–water partition coefficient (Wildman–Crippen LogP) is 1.54. The topological polar surface area (TPSA) is 35.2 Å². The maximum atomic E-state index is 5.53. The lowest BCUT2D eigenvalue weighted by molar-refractivity contribution is 0.00509. The summed E-state index contributed by atoms with van der Waals surface area (Å²) in [6.07, 6.45) is 3.47. The number of nitrogens with two attached hydrogens (primary N) is 1. The average Bonchev–Trinajstić information content (AvgIpc) is 2.00. The molecule has 0 amide bonds. The molecule has 0 aliphatic rings. The Morgan fingerprint density at radius 1 is 1.50 bits per heavy atom. The van der Waals surface area contributed by atoms with Gasteiger partial charge in [-0.3, -0.25) is 0 Å². The van der Waals surface area contributed by atoms with Crippen molar-refractivity contribution < 1.29 is 4.74 Å². The minimum Gasteiger partial charge on any atom is -0.377 e. The summed E-state index contributed by atoms with van der Waals surface area (Å²) >= 11 is 0. The van der Waals surface area contributed by atoms with Crippen molar-refractivity contribution in [3.8, 4) is 0 Å². The molecule has 0 bridgehead atoms. The fourth-order valence-corrected chi connectivity index (χ4v) is 0.838. The van der Waals surface area contributed by atoms with Gasteiger partial charge in [-0.15, -0.1) is 0 Å². The van der Waals surface area contributed by atoms with E-state index in [0.717, 1.165) is 6.42 Å². The van der Waals surface area contributed by atoms with Crippen LogP contribution in [0.4, 0.5) is 0 Å². The Morgan fingerprint density at radius 2 is 2.10 bits per heavy atom. The number of methoxy groups -OCH3 is 1. The first-order chi connectivity index (χ1) is 4.68. The van der Waals surface area contributed by atoms with Crippen LogP contribution in [-0.2, 0) is 4.74 Å². The molecule has 0 rings (SSSR count). The van der Waals surface area contributed by atoms with Crippen molar-refractivity contribution in [1.82, 2.24) is 0 Å². The van der Waals surface area contributed by atoms with E-state index in [9.17, 15) is 0 Å². The normalized spacial score (nSPS) is 16.8. The number of rotatable bonds is 5. The second-order valence-electron chi connectivity index (χ2n) is 2.96. The van der Waals surface area contributed by atoms with Crippen LogP contribution >= 0.6 is 0 Å². The van der Waals surface area contributed by atoms with Crippen LogP contribution < -0.4 is 5.73 Å². The first kappa shape index (κ1) is 9.92. The minimum atomic E-state index is -0.0873. The molecule has 0 saturated heterocycles. The molecule has 0 aliphatic carbocycles.